The molecule has 1 aromatic heterocycles. The molecule has 1 amide bonds. The molecule has 0 unspecified atom stereocenters. The van der Waals surface area contributed by atoms with Crippen molar-refractivity contribution in [2.75, 3.05) is 5.32 Å². The van der Waals surface area contributed by atoms with Gasteiger partial charge in [0.05, 0.1) is 15.1 Å². The fraction of sp³-hybridized carbons (Fsp3) is 0.0741. The highest BCUT2D eigenvalue weighted by Gasteiger charge is 2.17. The molecule has 0 spiro atoms. The van der Waals surface area contributed by atoms with Crippen molar-refractivity contribution in [3.05, 3.63) is 119 Å². The van der Waals surface area contributed by atoms with Crippen LogP contribution in [0.5, 0.6) is 0 Å². The minimum Gasteiger partial charge on any atom is -0.321 e. The zero-order valence-corrected chi connectivity index (χ0v) is 20.2. The minimum atomic E-state index is -0.643. The third-order valence-electron chi connectivity index (χ3n) is 5.25. The molecule has 4 rings (SSSR count). The predicted molar refractivity (Wildman–Crippen MR) is 139 cm³/mol. The number of nitro groups is 1. The summed E-state index contributed by atoms with van der Waals surface area (Å²) in [4.78, 5) is 37.3. The number of carbonyl (C=O) groups is 1. The van der Waals surface area contributed by atoms with E-state index in [0.717, 1.165) is 22.5 Å². The number of anilines is 1. The Morgan fingerprint density at radius 2 is 1.75 bits per heavy atom. The fourth-order valence-corrected chi connectivity index (χ4v) is 4.88. The largest absolute Gasteiger partial charge is 0.321 e. The Labute approximate surface area is 209 Å². The van der Waals surface area contributed by atoms with Gasteiger partial charge in [0.25, 0.3) is 17.2 Å². The number of benzene rings is 3. The van der Waals surface area contributed by atoms with Crippen LogP contribution in [0.2, 0.25) is 0 Å². The van der Waals surface area contributed by atoms with Crippen molar-refractivity contribution in [3.8, 4) is 11.8 Å². The molecule has 0 saturated heterocycles. The number of hydrogen-bond donors (Lipinski definition) is 1. The number of amides is 1. The van der Waals surface area contributed by atoms with Crippen molar-refractivity contribution in [3.63, 3.8) is 0 Å². The van der Waals surface area contributed by atoms with E-state index in [0.29, 0.717) is 16.9 Å². The van der Waals surface area contributed by atoms with E-state index in [-0.39, 0.29) is 20.5 Å². The van der Waals surface area contributed by atoms with Crippen molar-refractivity contribution >= 4 is 40.3 Å². The number of carbonyl (C=O) groups excluding carboxylic acids is 1. The standard InChI is InChI=1S/C27H20N4O4S/c1-17-11-18(2)13-20(12-17)29-25(32)23(16-28)27-30(21-8-4-3-5-9-21)26(33)24(36-27)15-19-7-6-10-22(14-19)31(34)35/h3-15H,1-2H3,(H,29,32)/b24-15+,27-23-. The van der Waals surface area contributed by atoms with Gasteiger partial charge in [-0.05, 0) is 60.9 Å². The van der Waals surface area contributed by atoms with Crippen molar-refractivity contribution in [2.24, 2.45) is 0 Å². The highest BCUT2D eigenvalue weighted by atomic mass is 32.1. The number of para-hydroxylation sites is 1. The summed E-state index contributed by atoms with van der Waals surface area (Å²) >= 11 is 0.973. The molecule has 4 aromatic rings. The molecular formula is C27H20N4O4S. The van der Waals surface area contributed by atoms with Gasteiger partial charge in [0.2, 0.25) is 0 Å². The van der Waals surface area contributed by atoms with Crippen LogP contribution in [0, 0.1) is 35.3 Å². The Bertz CT molecular complexity index is 1690. The molecular weight excluding hydrogens is 476 g/mol. The highest BCUT2D eigenvalue weighted by Crippen LogP contribution is 2.15. The number of non-ortho nitro benzene ring substituents is 1. The molecule has 1 N–H and O–H groups in total. The van der Waals surface area contributed by atoms with Crippen molar-refractivity contribution in [1.29, 1.82) is 5.26 Å². The first-order valence-corrected chi connectivity index (χ1v) is 11.7. The number of hydrogen-bond acceptors (Lipinski definition) is 6. The van der Waals surface area contributed by atoms with E-state index in [4.69, 9.17) is 0 Å². The van der Waals surface area contributed by atoms with Crippen LogP contribution >= 0.6 is 11.3 Å². The van der Waals surface area contributed by atoms with Crippen molar-refractivity contribution in [1.82, 2.24) is 4.57 Å². The van der Waals surface area contributed by atoms with Gasteiger partial charge < -0.3 is 5.32 Å². The van der Waals surface area contributed by atoms with E-state index in [2.05, 4.69) is 5.32 Å². The number of rotatable bonds is 5. The molecule has 1 heterocycles. The first kappa shape index (κ1) is 24.3. The summed E-state index contributed by atoms with van der Waals surface area (Å²) in [6.45, 7) is 3.81. The van der Waals surface area contributed by atoms with Crippen LogP contribution in [0.3, 0.4) is 0 Å². The van der Waals surface area contributed by atoms with Gasteiger partial charge in [-0.25, -0.2) is 0 Å². The quantitative estimate of drug-likeness (QED) is 0.335. The lowest BCUT2D eigenvalue weighted by atomic mass is 10.1. The minimum absolute atomic E-state index is 0.110. The van der Waals surface area contributed by atoms with E-state index in [1.54, 1.807) is 48.5 Å². The predicted octanol–water partition coefficient (Wildman–Crippen LogP) is 3.57. The van der Waals surface area contributed by atoms with Crippen molar-refractivity contribution in [2.45, 2.75) is 13.8 Å². The Hall–Kier alpha value is -4.81. The number of nitriles is 1. The lowest BCUT2D eigenvalue weighted by Gasteiger charge is -2.07. The summed E-state index contributed by atoms with van der Waals surface area (Å²) in [6, 6.07) is 22.1. The normalized spacial score (nSPS) is 12.1. The van der Waals surface area contributed by atoms with Gasteiger partial charge in [0, 0.05) is 17.8 Å². The van der Waals surface area contributed by atoms with Gasteiger partial charge in [-0.1, -0.05) is 36.4 Å². The van der Waals surface area contributed by atoms with E-state index in [1.165, 1.54) is 28.8 Å². The average molecular weight is 497 g/mol. The van der Waals surface area contributed by atoms with E-state index in [9.17, 15) is 25.0 Å². The van der Waals surface area contributed by atoms with Crippen LogP contribution < -0.4 is 20.1 Å². The maximum Gasteiger partial charge on any atom is 0.273 e. The zero-order chi connectivity index (χ0) is 25.8. The second-order valence-corrected chi connectivity index (χ2v) is 9.09. The average Bonchev–Trinajstić information content (AvgIpc) is 3.15. The monoisotopic (exact) mass is 496 g/mol. The van der Waals surface area contributed by atoms with Gasteiger partial charge >= 0.3 is 0 Å². The van der Waals surface area contributed by atoms with E-state index in [1.807, 2.05) is 26.0 Å². The second kappa shape index (κ2) is 10.2. The molecule has 0 aliphatic rings. The van der Waals surface area contributed by atoms with Gasteiger partial charge in [-0.3, -0.25) is 24.3 Å². The summed E-state index contributed by atoms with van der Waals surface area (Å²) in [5, 5.41) is 23.9. The third-order valence-corrected chi connectivity index (χ3v) is 6.34. The number of thiazole rings is 1. The fourth-order valence-electron chi connectivity index (χ4n) is 3.78. The van der Waals surface area contributed by atoms with E-state index < -0.39 is 16.4 Å². The molecule has 0 atom stereocenters. The third kappa shape index (κ3) is 5.14. The Morgan fingerprint density at radius 3 is 2.39 bits per heavy atom. The van der Waals surface area contributed by atoms with Crippen molar-refractivity contribution < 1.29 is 9.72 Å². The molecule has 8 nitrogen and oxygen atoms in total. The van der Waals surface area contributed by atoms with Gasteiger partial charge in [-0.15, -0.1) is 11.3 Å². The lowest BCUT2D eigenvalue weighted by molar-refractivity contribution is -0.384. The Morgan fingerprint density at radius 1 is 1.06 bits per heavy atom. The molecule has 3 aromatic carbocycles. The van der Waals surface area contributed by atoms with Gasteiger partial charge in [-0.2, -0.15) is 5.26 Å². The molecule has 0 bridgehead atoms. The summed E-state index contributed by atoms with van der Waals surface area (Å²) in [6.07, 6.45) is 1.51. The first-order valence-electron chi connectivity index (χ1n) is 10.8. The molecule has 0 aliphatic heterocycles. The zero-order valence-electron chi connectivity index (χ0n) is 19.4. The van der Waals surface area contributed by atoms with Gasteiger partial charge in [0.1, 0.15) is 10.7 Å². The lowest BCUT2D eigenvalue weighted by Crippen LogP contribution is -2.32. The Kier molecular flexibility index (Phi) is 6.90. The molecule has 178 valence electrons. The maximum absolute atomic E-state index is 13.5. The second-order valence-electron chi connectivity index (χ2n) is 8.06. The van der Waals surface area contributed by atoms with E-state index >= 15 is 0 Å². The SMILES string of the molecule is Cc1cc(C)cc(NC(=O)/C(C#N)=c2\s/c(=C/c3cccc([N+](=O)[O-])c3)c(=O)n2-c2ccccc2)c1. The number of nitrogens with zero attached hydrogens (tertiary/aromatic N) is 3. The summed E-state index contributed by atoms with van der Waals surface area (Å²) < 4.78 is 1.70. The molecule has 9 heteroatoms. The number of nitrogens with one attached hydrogen (secondary N) is 1. The van der Waals surface area contributed by atoms with Crippen LogP contribution in [0.4, 0.5) is 11.4 Å². The Balaban J connectivity index is 1.95. The van der Waals surface area contributed by atoms with Crippen LogP contribution in [0.15, 0.2) is 77.6 Å². The van der Waals surface area contributed by atoms with Gasteiger partial charge in [0.15, 0.2) is 5.57 Å². The smallest absolute Gasteiger partial charge is 0.273 e. The van der Waals surface area contributed by atoms with Crippen LogP contribution in [-0.4, -0.2) is 15.4 Å². The summed E-state index contributed by atoms with van der Waals surface area (Å²) in [7, 11) is 0. The summed E-state index contributed by atoms with van der Waals surface area (Å²) in [5.41, 5.74) is 2.61. The number of aryl methyl sites for hydroxylation is 2. The maximum atomic E-state index is 13.5. The first-order chi connectivity index (χ1) is 17.3. The molecule has 36 heavy (non-hydrogen) atoms. The number of nitro benzene ring substituents is 1. The molecule has 0 saturated carbocycles. The van der Waals surface area contributed by atoms with Crippen LogP contribution in [0.25, 0.3) is 17.3 Å². The topological polar surface area (TPSA) is 118 Å². The van der Waals surface area contributed by atoms with Crippen LogP contribution in [0.1, 0.15) is 16.7 Å². The van der Waals surface area contributed by atoms with Crippen LogP contribution in [-0.2, 0) is 4.79 Å². The molecule has 0 radical (unpaired) electrons. The molecule has 0 fully saturated rings. The number of aromatic nitrogens is 1. The molecule has 0 aliphatic carbocycles. The highest BCUT2D eigenvalue weighted by molar-refractivity contribution is 7.07. The summed E-state index contributed by atoms with van der Waals surface area (Å²) in [5.74, 6) is -0.643.